The lowest BCUT2D eigenvalue weighted by Crippen LogP contribution is -2.30. The molecule has 0 aliphatic heterocycles. The Morgan fingerprint density at radius 2 is 1.68 bits per heavy atom. The fraction of sp³-hybridized carbons (Fsp3) is 0.190. The first kappa shape index (κ1) is 17.3. The zero-order valence-corrected chi connectivity index (χ0v) is 15.2. The summed E-state index contributed by atoms with van der Waals surface area (Å²) in [6.45, 7) is 5.58. The van der Waals surface area contributed by atoms with Crippen molar-refractivity contribution in [3.05, 3.63) is 70.7 Å². The Labute approximate surface area is 152 Å². The first-order valence-electron chi connectivity index (χ1n) is 8.18. The molecule has 1 amide bonds. The van der Waals surface area contributed by atoms with Gasteiger partial charge in [-0.05, 0) is 55.5 Å². The Kier molecular flexibility index (Phi) is 4.95. The molecule has 3 aromatic carbocycles. The van der Waals surface area contributed by atoms with Crippen LogP contribution in [0.2, 0.25) is 5.02 Å². The van der Waals surface area contributed by atoms with Gasteiger partial charge in [0, 0.05) is 16.1 Å². The number of aryl methyl sites for hydroxylation is 2. The maximum absolute atomic E-state index is 12.5. The number of halogens is 1. The predicted octanol–water partition coefficient (Wildman–Crippen LogP) is 5.52. The average Bonchev–Trinajstić information content (AvgIpc) is 2.60. The summed E-state index contributed by atoms with van der Waals surface area (Å²) < 4.78 is 5.81. The standard InChI is InChI=1S/C21H20ClNO2/c1-13-11-17(12-14(2)20(13)22)25-15(3)21(24)23-19-10-6-8-16-7-4-5-9-18(16)19/h4-12,15H,1-3H3,(H,23,24)/t15-/m1/s1. The smallest absolute Gasteiger partial charge is 0.265 e. The lowest BCUT2D eigenvalue weighted by Gasteiger charge is -2.17. The van der Waals surface area contributed by atoms with E-state index >= 15 is 0 Å². The van der Waals surface area contributed by atoms with Crippen LogP contribution >= 0.6 is 11.6 Å². The van der Waals surface area contributed by atoms with Gasteiger partial charge in [-0.1, -0.05) is 48.0 Å². The van der Waals surface area contributed by atoms with E-state index < -0.39 is 6.10 Å². The van der Waals surface area contributed by atoms with Crippen LogP contribution < -0.4 is 10.1 Å². The summed E-state index contributed by atoms with van der Waals surface area (Å²) in [5.41, 5.74) is 2.64. The minimum Gasteiger partial charge on any atom is -0.481 e. The van der Waals surface area contributed by atoms with Crippen LogP contribution in [0, 0.1) is 13.8 Å². The van der Waals surface area contributed by atoms with Gasteiger partial charge in [0.15, 0.2) is 6.10 Å². The molecular weight excluding hydrogens is 334 g/mol. The highest BCUT2D eigenvalue weighted by atomic mass is 35.5. The quantitative estimate of drug-likeness (QED) is 0.671. The van der Waals surface area contributed by atoms with E-state index in [1.807, 2.05) is 68.4 Å². The Hall–Kier alpha value is -2.52. The number of ether oxygens (including phenoxy) is 1. The molecule has 0 spiro atoms. The van der Waals surface area contributed by atoms with E-state index in [-0.39, 0.29) is 5.91 Å². The second kappa shape index (κ2) is 7.16. The molecule has 0 aliphatic carbocycles. The number of anilines is 1. The molecule has 0 radical (unpaired) electrons. The van der Waals surface area contributed by atoms with E-state index in [0.29, 0.717) is 5.75 Å². The molecule has 3 aromatic rings. The Morgan fingerprint density at radius 1 is 1.04 bits per heavy atom. The average molecular weight is 354 g/mol. The van der Waals surface area contributed by atoms with Gasteiger partial charge >= 0.3 is 0 Å². The van der Waals surface area contributed by atoms with Crippen molar-refractivity contribution in [2.45, 2.75) is 26.9 Å². The first-order chi connectivity index (χ1) is 12.0. The molecule has 0 aromatic heterocycles. The van der Waals surface area contributed by atoms with Gasteiger partial charge in [0.25, 0.3) is 5.91 Å². The summed E-state index contributed by atoms with van der Waals surface area (Å²) >= 11 is 6.18. The minimum atomic E-state index is -0.626. The largest absolute Gasteiger partial charge is 0.481 e. The SMILES string of the molecule is Cc1cc(O[C@H](C)C(=O)Nc2cccc3ccccc23)cc(C)c1Cl. The van der Waals surface area contributed by atoms with Gasteiger partial charge in [0.05, 0.1) is 0 Å². The molecule has 0 saturated carbocycles. The Balaban J connectivity index is 1.77. The number of nitrogens with one attached hydrogen (secondary N) is 1. The summed E-state index contributed by atoms with van der Waals surface area (Å²) in [4.78, 5) is 12.5. The van der Waals surface area contributed by atoms with E-state index in [4.69, 9.17) is 16.3 Å². The van der Waals surface area contributed by atoms with E-state index in [1.54, 1.807) is 6.92 Å². The van der Waals surface area contributed by atoms with Crippen molar-refractivity contribution in [3.8, 4) is 5.75 Å². The molecule has 0 fully saturated rings. The third-order valence-corrected chi connectivity index (χ3v) is 4.74. The summed E-state index contributed by atoms with van der Waals surface area (Å²) in [5, 5.41) is 5.76. The monoisotopic (exact) mass is 353 g/mol. The lowest BCUT2D eigenvalue weighted by molar-refractivity contribution is -0.122. The molecule has 0 unspecified atom stereocenters. The number of carbonyl (C=O) groups is 1. The van der Waals surface area contributed by atoms with Crippen molar-refractivity contribution in [1.29, 1.82) is 0 Å². The van der Waals surface area contributed by atoms with Crippen molar-refractivity contribution in [2.24, 2.45) is 0 Å². The predicted molar refractivity (Wildman–Crippen MR) is 104 cm³/mol. The molecule has 4 heteroatoms. The zero-order valence-electron chi connectivity index (χ0n) is 14.5. The third kappa shape index (κ3) is 3.77. The van der Waals surface area contributed by atoms with Crippen LogP contribution in [0.3, 0.4) is 0 Å². The highest BCUT2D eigenvalue weighted by molar-refractivity contribution is 6.32. The molecule has 128 valence electrons. The van der Waals surface area contributed by atoms with Crippen LogP contribution in [0.4, 0.5) is 5.69 Å². The van der Waals surface area contributed by atoms with E-state index in [0.717, 1.165) is 32.6 Å². The van der Waals surface area contributed by atoms with Gasteiger partial charge in [-0.25, -0.2) is 0 Å². The molecule has 1 N–H and O–H groups in total. The number of hydrogen-bond acceptors (Lipinski definition) is 2. The topological polar surface area (TPSA) is 38.3 Å². The van der Waals surface area contributed by atoms with Gasteiger partial charge in [-0.2, -0.15) is 0 Å². The molecule has 0 aliphatic rings. The Morgan fingerprint density at radius 3 is 2.40 bits per heavy atom. The molecule has 1 atom stereocenters. The molecule has 25 heavy (non-hydrogen) atoms. The van der Waals surface area contributed by atoms with Crippen LogP contribution in [-0.4, -0.2) is 12.0 Å². The number of amides is 1. The fourth-order valence-electron chi connectivity index (χ4n) is 2.80. The van der Waals surface area contributed by atoms with Crippen molar-refractivity contribution in [3.63, 3.8) is 0 Å². The number of benzene rings is 3. The second-order valence-corrected chi connectivity index (χ2v) is 6.53. The normalized spacial score (nSPS) is 12.0. The van der Waals surface area contributed by atoms with Crippen LogP contribution in [0.5, 0.6) is 5.75 Å². The maximum atomic E-state index is 12.5. The molecule has 3 nitrogen and oxygen atoms in total. The van der Waals surface area contributed by atoms with Crippen molar-refractivity contribution in [1.82, 2.24) is 0 Å². The van der Waals surface area contributed by atoms with E-state index in [9.17, 15) is 4.79 Å². The van der Waals surface area contributed by atoms with E-state index in [2.05, 4.69) is 5.32 Å². The first-order valence-corrected chi connectivity index (χ1v) is 8.55. The number of rotatable bonds is 4. The molecular formula is C21H20ClNO2. The maximum Gasteiger partial charge on any atom is 0.265 e. The van der Waals surface area contributed by atoms with Gasteiger partial charge in [0.1, 0.15) is 5.75 Å². The molecule has 0 heterocycles. The van der Waals surface area contributed by atoms with Crippen molar-refractivity contribution in [2.75, 3.05) is 5.32 Å². The summed E-state index contributed by atoms with van der Waals surface area (Å²) in [6.07, 6.45) is -0.626. The van der Waals surface area contributed by atoms with Crippen LogP contribution in [0.1, 0.15) is 18.1 Å². The van der Waals surface area contributed by atoms with Gasteiger partial charge in [0.2, 0.25) is 0 Å². The van der Waals surface area contributed by atoms with Crippen LogP contribution in [-0.2, 0) is 4.79 Å². The highest BCUT2D eigenvalue weighted by Crippen LogP contribution is 2.27. The second-order valence-electron chi connectivity index (χ2n) is 6.15. The Bertz CT molecular complexity index is 908. The van der Waals surface area contributed by atoms with Gasteiger partial charge < -0.3 is 10.1 Å². The fourth-order valence-corrected chi connectivity index (χ4v) is 2.91. The van der Waals surface area contributed by atoms with Crippen LogP contribution in [0.15, 0.2) is 54.6 Å². The van der Waals surface area contributed by atoms with Crippen molar-refractivity contribution < 1.29 is 9.53 Å². The van der Waals surface area contributed by atoms with Crippen molar-refractivity contribution >= 4 is 34.0 Å². The summed E-state index contributed by atoms with van der Waals surface area (Å²) in [5.74, 6) is 0.446. The highest BCUT2D eigenvalue weighted by Gasteiger charge is 2.16. The number of carbonyl (C=O) groups excluding carboxylic acids is 1. The number of hydrogen-bond donors (Lipinski definition) is 1. The minimum absolute atomic E-state index is 0.193. The third-order valence-electron chi connectivity index (χ3n) is 4.14. The zero-order chi connectivity index (χ0) is 18.0. The number of fused-ring (bicyclic) bond motifs is 1. The summed E-state index contributed by atoms with van der Waals surface area (Å²) in [7, 11) is 0. The van der Waals surface area contributed by atoms with E-state index in [1.165, 1.54) is 0 Å². The molecule has 3 rings (SSSR count). The lowest BCUT2D eigenvalue weighted by atomic mass is 10.1. The summed E-state index contributed by atoms with van der Waals surface area (Å²) in [6, 6.07) is 17.5. The molecule has 0 bridgehead atoms. The molecule has 0 saturated heterocycles. The van der Waals surface area contributed by atoms with Gasteiger partial charge in [-0.3, -0.25) is 4.79 Å². The van der Waals surface area contributed by atoms with Crippen LogP contribution in [0.25, 0.3) is 10.8 Å². The van der Waals surface area contributed by atoms with Gasteiger partial charge in [-0.15, -0.1) is 0 Å².